The van der Waals surface area contributed by atoms with Crippen LogP contribution in [0.15, 0.2) is 0 Å². The number of likely N-dealkylation sites (N-methyl/N-ethyl adjacent to an activating group) is 1. The van der Waals surface area contributed by atoms with Gasteiger partial charge in [0.15, 0.2) is 0 Å². The predicted molar refractivity (Wildman–Crippen MR) is 90.4 cm³/mol. The summed E-state index contributed by atoms with van der Waals surface area (Å²) in [7, 11) is 1.60. The molecule has 3 atom stereocenters. The molecular formula is C17H31N3O4. The first kappa shape index (κ1) is 19.0. The second-order valence-electron chi connectivity index (χ2n) is 8.15. The van der Waals surface area contributed by atoms with E-state index < -0.39 is 23.3 Å². The highest BCUT2D eigenvalue weighted by Gasteiger charge is 2.52. The lowest BCUT2D eigenvalue weighted by Crippen LogP contribution is -2.60. The number of β-amino-alcohol motifs (C(OH)–C–C–N with tert-alkyl or cyclic N) is 1. The minimum Gasteiger partial charge on any atom is -0.444 e. The third kappa shape index (κ3) is 4.00. The van der Waals surface area contributed by atoms with Gasteiger partial charge >= 0.3 is 6.09 Å². The number of hydrogen-bond donors (Lipinski definition) is 2. The Morgan fingerprint density at radius 2 is 2.04 bits per heavy atom. The van der Waals surface area contributed by atoms with Gasteiger partial charge in [-0.15, -0.1) is 0 Å². The molecule has 0 unspecified atom stereocenters. The highest BCUT2D eigenvalue weighted by molar-refractivity contribution is 5.85. The summed E-state index contributed by atoms with van der Waals surface area (Å²) in [5.41, 5.74) is 4.49. The predicted octanol–water partition coefficient (Wildman–Crippen LogP) is 1.09. The van der Waals surface area contributed by atoms with Crippen LogP contribution in [0.5, 0.6) is 0 Å². The average molecular weight is 341 g/mol. The SMILES string of the molecule is CN(C[C@H](O)CN1[C@@H]2CCC[C@@]1(C(N)=O)CC2)C(=O)OC(C)(C)C. The van der Waals surface area contributed by atoms with Crippen LogP contribution in [-0.4, -0.2) is 70.3 Å². The van der Waals surface area contributed by atoms with Crippen LogP contribution in [0.4, 0.5) is 4.79 Å². The quantitative estimate of drug-likeness (QED) is 0.780. The van der Waals surface area contributed by atoms with E-state index in [1.54, 1.807) is 27.8 Å². The number of carbonyl (C=O) groups excluding carboxylic acids is 2. The number of primary amides is 1. The second kappa shape index (κ2) is 6.88. The topological polar surface area (TPSA) is 96.1 Å². The first-order valence-electron chi connectivity index (χ1n) is 8.74. The minimum absolute atomic E-state index is 0.160. The van der Waals surface area contributed by atoms with Crippen LogP contribution in [0.1, 0.15) is 52.9 Å². The summed E-state index contributed by atoms with van der Waals surface area (Å²) in [6, 6.07) is 0.299. The fourth-order valence-corrected chi connectivity index (χ4v) is 3.98. The maximum atomic E-state index is 12.0. The van der Waals surface area contributed by atoms with Gasteiger partial charge in [-0.25, -0.2) is 4.79 Å². The molecule has 24 heavy (non-hydrogen) atoms. The number of amides is 2. The Balaban J connectivity index is 1.95. The van der Waals surface area contributed by atoms with Crippen molar-refractivity contribution < 1.29 is 19.4 Å². The van der Waals surface area contributed by atoms with Gasteiger partial charge in [0, 0.05) is 19.6 Å². The van der Waals surface area contributed by atoms with Crippen LogP contribution in [0.25, 0.3) is 0 Å². The maximum Gasteiger partial charge on any atom is 0.410 e. The summed E-state index contributed by atoms with van der Waals surface area (Å²) in [5.74, 6) is -0.294. The highest BCUT2D eigenvalue weighted by atomic mass is 16.6. The number of aliphatic hydroxyl groups is 1. The lowest BCUT2D eigenvalue weighted by Gasteiger charge is -2.43. The van der Waals surface area contributed by atoms with Gasteiger partial charge in [-0.1, -0.05) is 0 Å². The number of rotatable bonds is 5. The Morgan fingerprint density at radius 1 is 1.38 bits per heavy atom. The molecule has 0 aromatic carbocycles. The van der Waals surface area contributed by atoms with Crippen LogP contribution in [0.2, 0.25) is 0 Å². The number of nitrogens with two attached hydrogens (primary N) is 1. The number of nitrogens with zero attached hydrogens (tertiary/aromatic N) is 2. The van der Waals surface area contributed by atoms with Crippen molar-refractivity contribution in [2.24, 2.45) is 5.73 Å². The van der Waals surface area contributed by atoms with Crippen LogP contribution in [-0.2, 0) is 9.53 Å². The third-order valence-electron chi connectivity index (χ3n) is 5.07. The summed E-state index contributed by atoms with van der Waals surface area (Å²) < 4.78 is 5.29. The number of carbonyl (C=O) groups is 2. The highest BCUT2D eigenvalue weighted by Crippen LogP contribution is 2.43. The van der Waals surface area contributed by atoms with Gasteiger partial charge < -0.3 is 20.5 Å². The number of piperidine rings is 1. The molecule has 2 fully saturated rings. The summed E-state index contributed by atoms with van der Waals surface area (Å²) in [5, 5.41) is 10.4. The van der Waals surface area contributed by atoms with Crippen molar-refractivity contribution in [3.05, 3.63) is 0 Å². The van der Waals surface area contributed by atoms with E-state index in [0.29, 0.717) is 12.6 Å². The van der Waals surface area contributed by atoms with Crippen molar-refractivity contribution in [3.63, 3.8) is 0 Å². The standard InChI is InChI=1S/C17H31N3O4/c1-16(2,3)24-15(23)19(4)10-13(21)11-20-12-6-5-8-17(20,9-7-12)14(18)22/h12-13,21H,5-11H2,1-4H3,(H2,18,22)/t12-,13+,17+/m1/s1. The molecule has 2 bridgehead atoms. The first-order valence-corrected chi connectivity index (χ1v) is 8.74. The van der Waals surface area contributed by atoms with E-state index in [9.17, 15) is 14.7 Å². The van der Waals surface area contributed by atoms with Gasteiger partial charge in [-0.05, 0) is 52.9 Å². The zero-order chi connectivity index (χ0) is 18.1. The Labute approximate surface area is 144 Å². The smallest absolute Gasteiger partial charge is 0.410 e. The van der Waals surface area contributed by atoms with E-state index in [0.717, 1.165) is 32.1 Å². The number of hydrogen-bond acceptors (Lipinski definition) is 5. The molecule has 0 aromatic heterocycles. The number of aliphatic hydroxyl groups excluding tert-OH is 1. The van der Waals surface area contributed by atoms with E-state index in [1.165, 1.54) is 4.90 Å². The molecule has 2 aliphatic rings. The molecule has 0 spiro atoms. The van der Waals surface area contributed by atoms with E-state index in [1.807, 2.05) is 0 Å². The number of ether oxygens (including phenoxy) is 1. The molecule has 7 heteroatoms. The maximum absolute atomic E-state index is 12.0. The van der Waals surface area contributed by atoms with Gasteiger partial charge in [0.2, 0.25) is 5.91 Å². The van der Waals surface area contributed by atoms with E-state index in [-0.39, 0.29) is 12.5 Å². The van der Waals surface area contributed by atoms with Crippen molar-refractivity contribution in [3.8, 4) is 0 Å². The zero-order valence-electron chi connectivity index (χ0n) is 15.2. The van der Waals surface area contributed by atoms with Gasteiger partial charge in [0.05, 0.1) is 12.6 Å². The Morgan fingerprint density at radius 3 is 2.62 bits per heavy atom. The molecule has 0 radical (unpaired) electrons. The fourth-order valence-electron chi connectivity index (χ4n) is 3.98. The molecular weight excluding hydrogens is 310 g/mol. The van der Waals surface area contributed by atoms with E-state index in [2.05, 4.69) is 4.90 Å². The Bertz CT molecular complexity index is 487. The lowest BCUT2D eigenvalue weighted by atomic mass is 9.87. The fraction of sp³-hybridized carbons (Fsp3) is 0.882. The molecule has 2 saturated heterocycles. The zero-order valence-corrected chi connectivity index (χ0v) is 15.2. The van der Waals surface area contributed by atoms with Gasteiger partial charge in [-0.2, -0.15) is 0 Å². The number of fused-ring (bicyclic) bond motifs is 2. The van der Waals surface area contributed by atoms with Crippen molar-refractivity contribution >= 4 is 12.0 Å². The lowest BCUT2D eigenvalue weighted by molar-refractivity contribution is -0.132. The molecule has 0 saturated carbocycles. The van der Waals surface area contributed by atoms with Gasteiger partial charge in [-0.3, -0.25) is 9.69 Å². The van der Waals surface area contributed by atoms with Crippen molar-refractivity contribution in [2.45, 2.75) is 76.2 Å². The molecule has 0 aromatic rings. The molecule has 0 aliphatic carbocycles. The molecule has 2 rings (SSSR count). The molecule has 138 valence electrons. The normalized spacial score (nSPS) is 28.5. The van der Waals surface area contributed by atoms with E-state index in [4.69, 9.17) is 10.5 Å². The van der Waals surface area contributed by atoms with Crippen LogP contribution >= 0.6 is 0 Å². The van der Waals surface area contributed by atoms with Crippen LogP contribution < -0.4 is 5.73 Å². The first-order chi connectivity index (χ1) is 11.0. The molecule has 2 amide bonds. The Kier molecular flexibility index (Phi) is 5.44. The van der Waals surface area contributed by atoms with Crippen molar-refractivity contribution in [1.82, 2.24) is 9.80 Å². The average Bonchev–Trinajstić information content (AvgIpc) is 2.65. The minimum atomic E-state index is -0.750. The van der Waals surface area contributed by atoms with Gasteiger partial charge in [0.25, 0.3) is 0 Å². The Hall–Kier alpha value is -1.34. The van der Waals surface area contributed by atoms with Crippen LogP contribution in [0, 0.1) is 0 Å². The summed E-state index contributed by atoms with van der Waals surface area (Å²) in [6.45, 7) is 5.92. The van der Waals surface area contributed by atoms with E-state index >= 15 is 0 Å². The summed E-state index contributed by atoms with van der Waals surface area (Å²) >= 11 is 0. The van der Waals surface area contributed by atoms with Gasteiger partial charge in [0.1, 0.15) is 11.1 Å². The molecule has 2 heterocycles. The molecule has 7 nitrogen and oxygen atoms in total. The largest absolute Gasteiger partial charge is 0.444 e. The second-order valence-corrected chi connectivity index (χ2v) is 8.15. The summed E-state index contributed by atoms with van der Waals surface area (Å²) in [6.07, 6.45) is 3.28. The van der Waals surface area contributed by atoms with Crippen molar-refractivity contribution in [2.75, 3.05) is 20.1 Å². The summed E-state index contributed by atoms with van der Waals surface area (Å²) in [4.78, 5) is 27.5. The third-order valence-corrected chi connectivity index (χ3v) is 5.07. The van der Waals surface area contributed by atoms with Crippen molar-refractivity contribution in [1.29, 1.82) is 0 Å². The molecule has 2 aliphatic heterocycles. The molecule has 3 N–H and O–H groups in total. The monoisotopic (exact) mass is 341 g/mol. The van der Waals surface area contributed by atoms with Crippen LogP contribution in [0.3, 0.4) is 0 Å².